The second-order valence-electron chi connectivity index (χ2n) is 2.33. The average Bonchev–Trinajstić information content (AvgIpc) is 1.84. The van der Waals surface area contributed by atoms with E-state index in [4.69, 9.17) is 5.73 Å². The van der Waals surface area contributed by atoms with Crippen molar-refractivity contribution in [2.75, 3.05) is 0 Å². The minimum absolute atomic E-state index is 0.343. The Morgan fingerprint density at radius 3 is 2.42 bits per heavy atom. The van der Waals surface area contributed by atoms with Crippen molar-refractivity contribution < 1.29 is 14.3 Å². The summed E-state index contributed by atoms with van der Waals surface area (Å²) in [6.07, 6.45) is -1.66. The molecule has 0 saturated carbocycles. The molecule has 0 aromatic rings. The van der Waals surface area contributed by atoms with E-state index in [0.717, 1.165) is 0 Å². The molecule has 0 fully saturated rings. The highest BCUT2D eigenvalue weighted by atomic mass is 16.6. The zero-order valence-electron chi connectivity index (χ0n) is 7.09. The molecular formula is C7H12N2O3. The predicted octanol–water partition coefficient (Wildman–Crippen LogP) is 0.120. The molecule has 5 nitrogen and oxygen atoms in total. The number of amides is 2. The molecule has 0 aliphatic carbocycles. The first-order chi connectivity index (χ1) is 5.43. The van der Waals surface area contributed by atoms with E-state index in [0.29, 0.717) is 5.57 Å². The summed E-state index contributed by atoms with van der Waals surface area (Å²) in [6.45, 7) is 6.44. The first kappa shape index (κ1) is 10.5. The van der Waals surface area contributed by atoms with E-state index in [1.54, 1.807) is 6.92 Å². The Bertz CT molecular complexity index is 213. The quantitative estimate of drug-likeness (QED) is 0.468. The van der Waals surface area contributed by atoms with Crippen LogP contribution >= 0.6 is 0 Å². The molecule has 0 heterocycles. The van der Waals surface area contributed by atoms with Gasteiger partial charge in [0.15, 0.2) is 6.23 Å². The van der Waals surface area contributed by atoms with E-state index in [1.807, 2.05) is 0 Å². The van der Waals surface area contributed by atoms with E-state index >= 15 is 0 Å². The second kappa shape index (κ2) is 4.38. The Morgan fingerprint density at radius 2 is 2.08 bits per heavy atom. The van der Waals surface area contributed by atoms with Crippen molar-refractivity contribution in [3.63, 3.8) is 0 Å². The minimum Gasteiger partial charge on any atom is -0.426 e. The van der Waals surface area contributed by atoms with Gasteiger partial charge in [0.25, 0.3) is 0 Å². The van der Waals surface area contributed by atoms with Crippen molar-refractivity contribution in [3.8, 4) is 0 Å². The van der Waals surface area contributed by atoms with Crippen LogP contribution in [0.2, 0.25) is 0 Å². The van der Waals surface area contributed by atoms with Gasteiger partial charge in [-0.2, -0.15) is 0 Å². The minimum atomic E-state index is -0.926. The molecule has 0 bridgehead atoms. The van der Waals surface area contributed by atoms with Gasteiger partial charge in [0.2, 0.25) is 5.91 Å². The molecule has 0 aliphatic rings. The van der Waals surface area contributed by atoms with Crippen LogP contribution in [0.15, 0.2) is 12.2 Å². The van der Waals surface area contributed by atoms with Gasteiger partial charge in [-0.05, 0) is 13.8 Å². The fourth-order valence-electron chi connectivity index (χ4n) is 0.512. The van der Waals surface area contributed by atoms with Gasteiger partial charge in [-0.1, -0.05) is 6.58 Å². The van der Waals surface area contributed by atoms with Gasteiger partial charge in [0.1, 0.15) is 0 Å². The molecule has 12 heavy (non-hydrogen) atoms. The lowest BCUT2D eigenvalue weighted by Crippen LogP contribution is -2.37. The van der Waals surface area contributed by atoms with Gasteiger partial charge in [-0.3, -0.25) is 4.79 Å². The van der Waals surface area contributed by atoms with Gasteiger partial charge in [0, 0.05) is 5.57 Å². The molecular weight excluding hydrogens is 160 g/mol. The summed E-state index contributed by atoms with van der Waals surface area (Å²) < 4.78 is 4.44. The number of carbonyl (C=O) groups is 2. The topological polar surface area (TPSA) is 81.4 Å². The zero-order chi connectivity index (χ0) is 9.72. The lowest BCUT2D eigenvalue weighted by molar-refractivity contribution is -0.119. The van der Waals surface area contributed by atoms with Crippen molar-refractivity contribution in [3.05, 3.63) is 12.2 Å². The number of hydrogen-bond donors (Lipinski definition) is 2. The summed E-state index contributed by atoms with van der Waals surface area (Å²) in [5.41, 5.74) is 5.05. The summed E-state index contributed by atoms with van der Waals surface area (Å²) in [4.78, 5) is 21.1. The average molecular weight is 172 g/mol. The lowest BCUT2D eigenvalue weighted by Gasteiger charge is -2.12. The number of hydrogen-bond acceptors (Lipinski definition) is 3. The second-order valence-corrected chi connectivity index (χ2v) is 2.33. The summed E-state index contributed by atoms with van der Waals surface area (Å²) in [7, 11) is 0. The molecule has 0 saturated heterocycles. The maximum absolute atomic E-state index is 10.9. The monoisotopic (exact) mass is 172 g/mol. The highest BCUT2D eigenvalue weighted by Crippen LogP contribution is 1.90. The molecule has 1 unspecified atom stereocenters. The van der Waals surface area contributed by atoms with Crippen molar-refractivity contribution in [1.29, 1.82) is 0 Å². The third kappa shape index (κ3) is 4.32. The molecule has 0 aliphatic heterocycles. The summed E-state index contributed by atoms with van der Waals surface area (Å²) >= 11 is 0. The molecule has 5 heteroatoms. The molecule has 2 amide bonds. The van der Waals surface area contributed by atoms with Gasteiger partial charge < -0.3 is 15.8 Å². The van der Waals surface area contributed by atoms with Crippen LogP contribution in [0.3, 0.4) is 0 Å². The van der Waals surface area contributed by atoms with Gasteiger partial charge in [-0.25, -0.2) is 4.79 Å². The normalized spacial score (nSPS) is 11.5. The Balaban J connectivity index is 3.84. The Morgan fingerprint density at radius 1 is 1.58 bits per heavy atom. The van der Waals surface area contributed by atoms with E-state index in [1.165, 1.54) is 6.92 Å². The van der Waals surface area contributed by atoms with Crippen LogP contribution in [0.1, 0.15) is 13.8 Å². The highest BCUT2D eigenvalue weighted by molar-refractivity contribution is 5.92. The summed E-state index contributed by atoms with van der Waals surface area (Å²) in [5.74, 6) is -0.372. The molecule has 68 valence electrons. The number of nitrogens with one attached hydrogen (secondary N) is 1. The zero-order valence-corrected chi connectivity index (χ0v) is 7.09. The molecule has 0 rings (SSSR count). The first-order valence-corrected chi connectivity index (χ1v) is 3.36. The molecule has 0 aromatic heterocycles. The highest BCUT2D eigenvalue weighted by Gasteiger charge is 2.09. The number of nitrogens with two attached hydrogens (primary N) is 1. The van der Waals surface area contributed by atoms with Gasteiger partial charge in [-0.15, -0.1) is 0 Å². The molecule has 0 aromatic carbocycles. The fourth-order valence-corrected chi connectivity index (χ4v) is 0.512. The third-order valence-corrected chi connectivity index (χ3v) is 1.01. The van der Waals surface area contributed by atoms with Crippen LogP contribution in [0, 0.1) is 0 Å². The van der Waals surface area contributed by atoms with Gasteiger partial charge >= 0.3 is 6.09 Å². The number of carbonyl (C=O) groups excluding carboxylic acids is 2. The van der Waals surface area contributed by atoms with E-state index in [-0.39, 0.29) is 5.91 Å². The van der Waals surface area contributed by atoms with Crippen molar-refractivity contribution in [2.24, 2.45) is 5.73 Å². The molecule has 3 N–H and O–H groups in total. The van der Waals surface area contributed by atoms with Crippen LogP contribution in [-0.4, -0.2) is 18.2 Å². The van der Waals surface area contributed by atoms with E-state index in [9.17, 15) is 9.59 Å². The van der Waals surface area contributed by atoms with Crippen molar-refractivity contribution in [1.82, 2.24) is 5.32 Å². The first-order valence-electron chi connectivity index (χ1n) is 3.36. The van der Waals surface area contributed by atoms with Crippen LogP contribution in [0.25, 0.3) is 0 Å². The standard InChI is InChI=1S/C7H12N2O3/c1-4(2)6(10)9-5(3)12-7(8)11/h5H,1H2,2-3H3,(H2,8,11)(H,9,10). The fraction of sp³-hybridized carbons (Fsp3) is 0.429. The van der Waals surface area contributed by atoms with Crippen LogP contribution in [0.5, 0.6) is 0 Å². The largest absolute Gasteiger partial charge is 0.426 e. The lowest BCUT2D eigenvalue weighted by atomic mass is 10.3. The van der Waals surface area contributed by atoms with Crippen LogP contribution in [-0.2, 0) is 9.53 Å². The summed E-state index contributed by atoms with van der Waals surface area (Å²) in [6, 6.07) is 0. The molecule has 0 spiro atoms. The van der Waals surface area contributed by atoms with Crippen LogP contribution in [0.4, 0.5) is 4.79 Å². The number of rotatable bonds is 3. The Kier molecular flexibility index (Phi) is 3.82. The Hall–Kier alpha value is -1.52. The smallest absolute Gasteiger partial charge is 0.406 e. The van der Waals surface area contributed by atoms with Crippen molar-refractivity contribution >= 4 is 12.0 Å². The number of ether oxygens (including phenoxy) is 1. The van der Waals surface area contributed by atoms with Gasteiger partial charge in [0.05, 0.1) is 0 Å². The predicted molar refractivity (Wildman–Crippen MR) is 43.1 cm³/mol. The Labute approximate surface area is 70.6 Å². The van der Waals surface area contributed by atoms with E-state index < -0.39 is 12.3 Å². The number of primary amides is 1. The summed E-state index contributed by atoms with van der Waals surface area (Å²) in [5, 5.41) is 2.35. The maximum atomic E-state index is 10.9. The maximum Gasteiger partial charge on any atom is 0.406 e. The molecule has 1 atom stereocenters. The van der Waals surface area contributed by atoms with E-state index in [2.05, 4.69) is 16.6 Å². The molecule has 0 radical (unpaired) electrons. The SMILES string of the molecule is C=C(C)C(=O)NC(C)OC(N)=O. The van der Waals surface area contributed by atoms with Crippen molar-refractivity contribution in [2.45, 2.75) is 20.1 Å². The van der Waals surface area contributed by atoms with Crippen LogP contribution < -0.4 is 11.1 Å². The third-order valence-electron chi connectivity index (χ3n) is 1.01.